The van der Waals surface area contributed by atoms with Crippen LogP contribution in [0.4, 0.5) is 11.4 Å². The molecule has 0 aliphatic rings. The number of rotatable bonds is 8. The van der Waals surface area contributed by atoms with Crippen molar-refractivity contribution in [3.63, 3.8) is 0 Å². The number of carbonyl (C=O) groups excluding carboxylic acids is 1. The summed E-state index contributed by atoms with van der Waals surface area (Å²) in [6.07, 6.45) is 0. The van der Waals surface area contributed by atoms with Crippen LogP contribution in [0.15, 0.2) is 18.2 Å². The standard InChI is InChI=1S/C15H24ClN3OS/c1-4-19(5-2)8-9-21-11(3)15(20)18-14-7-6-12(16)10-13(14)17/h6-7,10-11H,4-5,8-9,17H2,1-3H3,(H,18,20). The number of hydrogen-bond donors (Lipinski definition) is 2. The van der Waals surface area contributed by atoms with Crippen LogP contribution >= 0.6 is 23.4 Å². The number of hydrogen-bond acceptors (Lipinski definition) is 4. The van der Waals surface area contributed by atoms with Crippen molar-refractivity contribution in [2.45, 2.75) is 26.0 Å². The van der Waals surface area contributed by atoms with Crippen LogP contribution < -0.4 is 11.1 Å². The summed E-state index contributed by atoms with van der Waals surface area (Å²) in [6, 6.07) is 5.07. The first-order chi connectivity index (χ1) is 9.97. The van der Waals surface area contributed by atoms with E-state index in [0.717, 1.165) is 25.4 Å². The van der Waals surface area contributed by atoms with Crippen LogP contribution in [0.2, 0.25) is 5.02 Å². The van der Waals surface area contributed by atoms with E-state index in [9.17, 15) is 4.79 Å². The molecule has 1 aromatic carbocycles. The molecule has 0 bridgehead atoms. The fourth-order valence-corrected chi connectivity index (χ4v) is 2.96. The normalized spacial score (nSPS) is 12.4. The molecule has 3 N–H and O–H groups in total. The van der Waals surface area contributed by atoms with E-state index in [-0.39, 0.29) is 11.2 Å². The third-order valence-electron chi connectivity index (χ3n) is 3.31. The SMILES string of the molecule is CCN(CC)CCSC(C)C(=O)Nc1ccc(Cl)cc1N. The Balaban J connectivity index is 2.44. The molecule has 6 heteroatoms. The molecular weight excluding hydrogens is 306 g/mol. The van der Waals surface area contributed by atoms with Gasteiger partial charge in [0.1, 0.15) is 0 Å². The summed E-state index contributed by atoms with van der Waals surface area (Å²) >= 11 is 7.49. The van der Waals surface area contributed by atoms with Crippen LogP contribution in [0, 0.1) is 0 Å². The second-order valence-electron chi connectivity index (χ2n) is 4.76. The second kappa shape index (κ2) is 9.18. The lowest BCUT2D eigenvalue weighted by atomic mass is 10.2. The Morgan fingerprint density at radius 2 is 2.10 bits per heavy atom. The van der Waals surface area contributed by atoms with Gasteiger partial charge in [-0.1, -0.05) is 25.4 Å². The van der Waals surface area contributed by atoms with Crippen LogP contribution in [0.25, 0.3) is 0 Å². The van der Waals surface area contributed by atoms with E-state index in [2.05, 4.69) is 24.1 Å². The molecule has 0 saturated heterocycles. The lowest BCUT2D eigenvalue weighted by Gasteiger charge is -2.19. The Hall–Kier alpha value is -0.910. The van der Waals surface area contributed by atoms with Crippen molar-refractivity contribution in [1.29, 1.82) is 0 Å². The van der Waals surface area contributed by atoms with Gasteiger partial charge in [0.05, 0.1) is 16.6 Å². The summed E-state index contributed by atoms with van der Waals surface area (Å²) in [7, 11) is 0. The minimum atomic E-state index is -0.115. The molecule has 118 valence electrons. The fraction of sp³-hybridized carbons (Fsp3) is 0.533. The molecule has 4 nitrogen and oxygen atoms in total. The first kappa shape index (κ1) is 18.1. The number of nitrogen functional groups attached to an aromatic ring is 1. The van der Waals surface area contributed by atoms with E-state index >= 15 is 0 Å². The van der Waals surface area contributed by atoms with E-state index in [0.29, 0.717) is 16.4 Å². The summed E-state index contributed by atoms with van der Waals surface area (Å²) in [5, 5.41) is 3.29. The summed E-state index contributed by atoms with van der Waals surface area (Å²) in [6.45, 7) is 9.28. The Bertz CT molecular complexity index is 466. The first-order valence-electron chi connectivity index (χ1n) is 7.17. The molecule has 1 unspecified atom stereocenters. The zero-order valence-electron chi connectivity index (χ0n) is 12.9. The van der Waals surface area contributed by atoms with Gasteiger partial charge < -0.3 is 16.0 Å². The number of nitrogens with two attached hydrogens (primary N) is 1. The number of nitrogens with zero attached hydrogens (tertiary/aromatic N) is 1. The fourth-order valence-electron chi connectivity index (χ4n) is 1.86. The molecule has 0 aliphatic heterocycles. The average molecular weight is 330 g/mol. The highest BCUT2D eigenvalue weighted by atomic mass is 35.5. The third-order valence-corrected chi connectivity index (χ3v) is 4.68. The molecule has 0 heterocycles. The number of amides is 1. The molecular formula is C15H24ClN3OS. The van der Waals surface area contributed by atoms with Crippen molar-refractivity contribution in [3.8, 4) is 0 Å². The number of thioether (sulfide) groups is 1. The topological polar surface area (TPSA) is 58.4 Å². The van der Waals surface area contributed by atoms with Gasteiger partial charge in [-0.25, -0.2) is 0 Å². The van der Waals surface area contributed by atoms with Gasteiger partial charge >= 0.3 is 0 Å². The Kier molecular flexibility index (Phi) is 7.93. The molecule has 0 fully saturated rings. The largest absolute Gasteiger partial charge is 0.397 e. The van der Waals surface area contributed by atoms with E-state index < -0.39 is 0 Å². The lowest BCUT2D eigenvalue weighted by Crippen LogP contribution is -2.28. The van der Waals surface area contributed by atoms with Gasteiger partial charge in [-0.3, -0.25) is 4.79 Å². The summed E-state index contributed by atoms with van der Waals surface area (Å²) < 4.78 is 0. The Morgan fingerprint density at radius 3 is 2.67 bits per heavy atom. The zero-order chi connectivity index (χ0) is 15.8. The van der Waals surface area contributed by atoms with Gasteiger partial charge in [0.25, 0.3) is 0 Å². The summed E-state index contributed by atoms with van der Waals surface area (Å²) in [5.41, 5.74) is 6.93. The highest BCUT2D eigenvalue weighted by molar-refractivity contribution is 8.00. The predicted octanol–water partition coefficient (Wildman–Crippen LogP) is 3.32. The van der Waals surface area contributed by atoms with Gasteiger partial charge in [0.15, 0.2) is 0 Å². The maximum Gasteiger partial charge on any atom is 0.237 e. The van der Waals surface area contributed by atoms with Crippen LogP contribution in [0.1, 0.15) is 20.8 Å². The number of benzene rings is 1. The smallest absolute Gasteiger partial charge is 0.237 e. The molecule has 0 saturated carbocycles. The van der Waals surface area contributed by atoms with E-state index in [4.69, 9.17) is 17.3 Å². The Morgan fingerprint density at radius 1 is 1.43 bits per heavy atom. The van der Waals surface area contributed by atoms with Crippen LogP contribution in [-0.2, 0) is 4.79 Å². The third kappa shape index (κ3) is 6.16. The monoisotopic (exact) mass is 329 g/mol. The van der Waals surface area contributed by atoms with Crippen molar-refractivity contribution in [2.24, 2.45) is 0 Å². The molecule has 0 aliphatic carbocycles. The van der Waals surface area contributed by atoms with E-state index in [1.54, 1.807) is 30.0 Å². The number of halogens is 1. The van der Waals surface area contributed by atoms with Gasteiger partial charge in [-0.15, -0.1) is 11.8 Å². The molecule has 0 radical (unpaired) electrons. The molecule has 0 spiro atoms. The maximum atomic E-state index is 12.1. The van der Waals surface area contributed by atoms with Gasteiger partial charge in [0, 0.05) is 17.3 Å². The molecule has 0 aromatic heterocycles. The maximum absolute atomic E-state index is 12.1. The van der Waals surface area contributed by atoms with Crippen LogP contribution in [0.3, 0.4) is 0 Å². The summed E-state index contributed by atoms with van der Waals surface area (Å²) in [5.74, 6) is 0.903. The molecule has 1 atom stereocenters. The average Bonchev–Trinajstić information content (AvgIpc) is 2.46. The van der Waals surface area contributed by atoms with Crippen molar-refractivity contribution >= 4 is 40.6 Å². The zero-order valence-corrected chi connectivity index (χ0v) is 14.4. The molecule has 21 heavy (non-hydrogen) atoms. The van der Waals surface area contributed by atoms with Gasteiger partial charge in [-0.05, 0) is 38.2 Å². The highest BCUT2D eigenvalue weighted by Gasteiger charge is 2.15. The molecule has 1 amide bonds. The number of carbonyl (C=O) groups is 1. The van der Waals surface area contributed by atoms with Gasteiger partial charge in [0.2, 0.25) is 5.91 Å². The van der Waals surface area contributed by atoms with Crippen molar-refractivity contribution in [1.82, 2.24) is 4.90 Å². The quantitative estimate of drug-likeness (QED) is 0.718. The van der Waals surface area contributed by atoms with Crippen molar-refractivity contribution in [3.05, 3.63) is 23.2 Å². The Labute approximate surface area is 136 Å². The van der Waals surface area contributed by atoms with Crippen LogP contribution in [0.5, 0.6) is 0 Å². The molecule has 1 aromatic rings. The lowest BCUT2D eigenvalue weighted by molar-refractivity contribution is -0.115. The molecule has 1 rings (SSSR count). The van der Waals surface area contributed by atoms with Crippen molar-refractivity contribution in [2.75, 3.05) is 36.4 Å². The predicted molar refractivity (Wildman–Crippen MR) is 94.2 cm³/mol. The number of anilines is 2. The summed E-state index contributed by atoms with van der Waals surface area (Å²) in [4.78, 5) is 14.5. The van der Waals surface area contributed by atoms with E-state index in [1.807, 2.05) is 6.92 Å². The minimum Gasteiger partial charge on any atom is -0.397 e. The number of nitrogens with one attached hydrogen (secondary N) is 1. The van der Waals surface area contributed by atoms with Gasteiger partial charge in [-0.2, -0.15) is 0 Å². The first-order valence-corrected chi connectivity index (χ1v) is 8.60. The highest BCUT2D eigenvalue weighted by Crippen LogP contribution is 2.23. The van der Waals surface area contributed by atoms with Crippen molar-refractivity contribution < 1.29 is 4.79 Å². The second-order valence-corrected chi connectivity index (χ2v) is 6.65. The minimum absolute atomic E-state index is 0.0337. The van der Waals surface area contributed by atoms with E-state index in [1.165, 1.54) is 0 Å². The van der Waals surface area contributed by atoms with Crippen LogP contribution in [-0.4, -0.2) is 41.4 Å².